The number of hydrogen-bond acceptors (Lipinski definition) is 1. The topological polar surface area (TPSA) is 43.1 Å². The number of primary amides is 1. The normalized spacial score (nSPS) is 31.8. The average Bonchev–Trinajstić information content (AvgIpc) is 2.17. The van der Waals surface area contributed by atoms with Gasteiger partial charge in [-0.3, -0.25) is 4.79 Å². The smallest absolute Gasteiger partial charge is 0.244 e. The Morgan fingerprint density at radius 3 is 2.62 bits per heavy atom. The van der Waals surface area contributed by atoms with Gasteiger partial charge in [0.15, 0.2) is 0 Å². The van der Waals surface area contributed by atoms with Crippen LogP contribution in [0.15, 0.2) is 11.6 Å². The number of carbonyl (C=O) groups excluding carboxylic acids is 1. The molecule has 1 amide bonds. The SMILES string of the molecule is CC(=CC1CCCC(C)(C(C)C)C1)C(N)=O. The molecule has 2 nitrogen and oxygen atoms in total. The van der Waals surface area contributed by atoms with Gasteiger partial charge in [0.1, 0.15) is 0 Å². The third-order valence-corrected chi connectivity index (χ3v) is 4.32. The third-order valence-electron chi connectivity index (χ3n) is 4.32. The molecule has 2 atom stereocenters. The van der Waals surface area contributed by atoms with Crippen LogP contribution in [0.25, 0.3) is 0 Å². The van der Waals surface area contributed by atoms with Crippen LogP contribution in [0, 0.1) is 17.3 Å². The van der Waals surface area contributed by atoms with Gasteiger partial charge in [-0.15, -0.1) is 0 Å². The summed E-state index contributed by atoms with van der Waals surface area (Å²) in [6, 6.07) is 0. The van der Waals surface area contributed by atoms with Crippen LogP contribution < -0.4 is 5.73 Å². The fourth-order valence-corrected chi connectivity index (χ4v) is 2.67. The standard InChI is InChI=1S/C14H25NO/c1-10(2)14(4)7-5-6-12(9-14)8-11(3)13(15)16/h8,10,12H,5-7,9H2,1-4H3,(H2,15,16). The minimum absolute atomic E-state index is 0.281. The summed E-state index contributed by atoms with van der Waals surface area (Å²) < 4.78 is 0. The highest BCUT2D eigenvalue weighted by Crippen LogP contribution is 2.44. The zero-order chi connectivity index (χ0) is 12.3. The van der Waals surface area contributed by atoms with E-state index in [9.17, 15) is 4.79 Å². The van der Waals surface area contributed by atoms with Gasteiger partial charge in [-0.2, -0.15) is 0 Å². The quantitative estimate of drug-likeness (QED) is 0.733. The second kappa shape index (κ2) is 5.03. The second-order valence-electron chi connectivity index (χ2n) is 5.88. The second-order valence-corrected chi connectivity index (χ2v) is 5.88. The van der Waals surface area contributed by atoms with Gasteiger partial charge in [-0.1, -0.05) is 33.3 Å². The molecule has 0 saturated heterocycles. The van der Waals surface area contributed by atoms with Gasteiger partial charge in [0.2, 0.25) is 5.91 Å². The molecule has 1 rings (SSSR count). The first-order valence-electron chi connectivity index (χ1n) is 6.33. The zero-order valence-electron chi connectivity index (χ0n) is 11.0. The summed E-state index contributed by atoms with van der Waals surface area (Å²) in [6.45, 7) is 8.79. The van der Waals surface area contributed by atoms with Gasteiger partial charge in [0.05, 0.1) is 0 Å². The predicted molar refractivity (Wildman–Crippen MR) is 67.9 cm³/mol. The van der Waals surface area contributed by atoms with Crippen molar-refractivity contribution in [2.45, 2.75) is 53.4 Å². The molecule has 0 aromatic carbocycles. The van der Waals surface area contributed by atoms with E-state index in [0.717, 1.165) is 5.57 Å². The highest BCUT2D eigenvalue weighted by Gasteiger charge is 2.33. The lowest BCUT2D eigenvalue weighted by Gasteiger charge is -2.40. The molecule has 0 aromatic rings. The monoisotopic (exact) mass is 223 g/mol. The minimum atomic E-state index is -0.281. The molecule has 1 fully saturated rings. The van der Waals surface area contributed by atoms with Crippen molar-refractivity contribution in [1.82, 2.24) is 0 Å². The minimum Gasteiger partial charge on any atom is -0.366 e. The Bertz CT molecular complexity index is 293. The van der Waals surface area contributed by atoms with E-state index in [0.29, 0.717) is 17.3 Å². The Labute approximate surface area is 99.3 Å². The Morgan fingerprint density at radius 1 is 1.50 bits per heavy atom. The summed E-state index contributed by atoms with van der Waals surface area (Å²) in [5.74, 6) is 0.961. The van der Waals surface area contributed by atoms with Crippen LogP contribution in [0.1, 0.15) is 53.4 Å². The van der Waals surface area contributed by atoms with Crippen molar-refractivity contribution in [2.75, 3.05) is 0 Å². The van der Waals surface area contributed by atoms with E-state index in [4.69, 9.17) is 5.73 Å². The van der Waals surface area contributed by atoms with Crippen molar-refractivity contribution in [2.24, 2.45) is 23.0 Å². The number of carbonyl (C=O) groups is 1. The van der Waals surface area contributed by atoms with Gasteiger partial charge >= 0.3 is 0 Å². The van der Waals surface area contributed by atoms with Crippen molar-refractivity contribution < 1.29 is 4.79 Å². The van der Waals surface area contributed by atoms with E-state index in [1.165, 1.54) is 25.7 Å². The third kappa shape index (κ3) is 3.10. The molecule has 1 saturated carbocycles. The van der Waals surface area contributed by atoms with Crippen LogP contribution in [0.4, 0.5) is 0 Å². The summed E-state index contributed by atoms with van der Waals surface area (Å²) in [4.78, 5) is 11.0. The van der Waals surface area contributed by atoms with Crippen LogP contribution in [0.3, 0.4) is 0 Å². The molecule has 0 bridgehead atoms. The molecule has 1 aliphatic carbocycles. The lowest BCUT2D eigenvalue weighted by Crippen LogP contribution is -2.30. The maximum absolute atomic E-state index is 11.0. The van der Waals surface area contributed by atoms with E-state index in [1.807, 2.05) is 6.92 Å². The summed E-state index contributed by atoms with van der Waals surface area (Å²) in [5, 5.41) is 0. The zero-order valence-corrected chi connectivity index (χ0v) is 11.0. The van der Waals surface area contributed by atoms with E-state index in [2.05, 4.69) is 26.8 Å². The molecule has 0 aromatic heterocycles. The number of allylic oxidation sites excluding steroid dienone is 1. The summed E-state index contributed by atoms with van der Waals surface area (Å²) in [7, 11) is 0. The van der Waals surface area contributed by atoms with Gasteiger partial charge < -0.3 is 5.73 Å². The molecular weight excluding hydrogens is 198 g/mol. The van der Waals surface area contributed by atoms with Crippen molar-refractivity contribution in [1.29, 1.82) is 0 Å². The Kier molecular flexibility index (Phi) is 4.17. The summed E-state index contributed by atoms with van der Waals surface area (Å²) in [6.07, 6.45) is 7.05. The van der Waals surface area contributed by atoms with E-state index in [-0.39, 0.29) is 5.91 Å². The molecule has 0 aliphatic heterocycles. The maximum Gasteiger partial charge on any atom is 0.244 e. The fourth-order valence-electron chi connectivity index (χ4n) is 2.67. The van der Waals surface area contributed by atoms with Crippen LogP contribution >= 0.6 is 0 Å². The largest absolute Gasteiger partial charge is 0.366 e. The lowest BCUT2D eigenvalue weighted by molar-refractivity contribution is -0.114. The summed E-state index contributed by atoms with van der Waals surface area (Å²) >= 11 is 0. The number of nitrogens with two attached hydrogens (primary N) is 1. The molecular formula is C14H25NO. The fraction of sp³-hybridized carbons (Fsp3) is 0.786. The molecule has 1 aliphatic rings. The molecule has 0 spiro atoms. The first-order chi connectivity index (χ1) is 7.35. The molecule has 0 radical (unpaired) electrons. The maximum atomic E-state index is 11.0. The molecule has 2 unspecified atom stereocenters. The van der Waals surface area contributed by atoms with Crippen LogP contribution in [0.5, 0.6) is 0 Å². The number of rotatable bonds is 3. The average molecular weight is 223 g/mol. The Balaban J connectivity index is 2.71. The van der Waals surface area contributed by atoms with Gasteiger partial charge in [0, 0.05) is 5.57 Å². The van der Waals surface area contributed by atoms with E-state index in [1.54, 1.807) is 0 Å². The molecule has 0 heterocycles. The highest BCUT2D eigenvalue weighted by molar-refractivity contribution is 5.91. The molecule has 16 heavy (non-hydrogen) atoms. The Morgan fingerprint density at radius 2 is 2.12 bits per heavy atom. The molecule has 2 N–H and O–H groups in total. The molecule has 2 heteroatoms. The lowest BCUT2D eigenvalue weighted by atomic mass is 9.65. The van der Waals surface area contributed by atoms with Crippen LogP contribution in [-0.4, -0.2) is 5.91 Å². The number of hydrogen-bond donors (Lipinski definition) is 1. The van der Waals surface area contributed by atoms with Crippen molar-refractivity contribution >= 4 is 5.91 Å². The van der Waals surface area contributed by atoms with Crippen LogP contribution in [0.2, 0.25) is 0 Å². The van der Waals surface area contributed by atoms with Crippen LogP contribution in [-0.2, 0) is 4.79 Å². The number of amides is 1. The highest BCUT2D eigenvalue weighted by atomic mass is 16.1. The summed E-state index contributed by atoms with van der Waals surface area (Å²) in [5.41, 5.74) is 6.42. The van der Waals surface area contributed by atoms with Crippen molar-refractivity contribution in [3.8, 4) is 0 Å². The van der Waals surface area contributed by atoms with Gasteiger partial charge in [-0.25, -0.2) is 0 Å². The van der Waals surface area contributed by atoms with Gasteiger partial charge in [-0.05, 0) is 43.4 Å². The van der Waals surface area contributed by atoms with E-state index >= 15 is 0 Å². The molecule has 92 valence electrons. The Hall–Kier alpha value is -0.790. The first-order valence-corrected chi connectivity index (χ1v) is 6.33. The van der Waals surface area contributed by atoms with Crippen molar-refractivity contribution in [3.05, 3.63) is 11.6 Å². The van der Waals surface area contributed by atoms with Crippen molar-refractivity contribution in [3.63, 3.8) is 0 Å². The predicted octanol–water partition coefficient (Wildman–Crippen LogP) is 3.27. The first kappa shape index (κ1) is 13.3. The van der Waals surface area contributed by atoms with Gasteiger partial charge in [0.25, 0.3) is 0 Å². The van der Waals surface area contributed by atoms with E-state index < -0.39 is 0 Å².